The molecule has 6 heteroatoms. The number of furan rings is 1. The summed E-state index contributed by atoms with van der Waals surface area (Å²) in [5, 5.41) is 3.31. The first-order chi connectivity index (χ1) is 9.24. The van der Waals surface area contributed by atoms with E-state index in [2.05, 4.69) is 21.2 Å². The van der Waals surface area contributed by atoms with Crippen LogP contribution >= 0.6 is 15.9 Å². The lowest BCUT2D eigenvalue weighted by Crippen LogP contribution is -3.00. The summed E-state index contributed by atoms with van der Waals surface area (Å²) in [5.74, 6) is 2.34. The number of nitrogens with one attached hydrogen (secondary N) is 1. The SMILES string of the molecule is COc1cc(CNCc2ccco2)cc(Br)c1OC.[Cl-]. The molecule has 20 heavy (non-hydrogen) atoms. The van der Waals surface area contributed by atoms with Crippen LogP contribution in [-0.4, -0.2) is 14.2 Å². The molecular formula is C14H16BrClNO3-. The van der Waals surface area contributed by atoms with Crippen molar-refractivity contribution < 1.29 is 26.3 Å². The first-order valence-electron chi connectivity index (χ1n) is 5.88. The lowest BCUT2D eigenvalue weighted by molar-refractivity contribution is -0.00000484. The predicted octanol–water partition coefficient (Wildman–Crippen LogP) is 0.353. The van der Waals surface area contributed by atoms with Gasteiger partial charge in [0.25, 0.3) is 0 Å². The minimum Gasteiger partial charge on any atom is -1.00 e. The van der Waals surface area contributed by atoms with Gasteiger partial charge in [0.15, 0.2) is 11.5 Å². The van der Waals surface area contributed by atoms with Gasteiger partial charge in [0.05, 0.1) is 31.5 Å². The van der Waals surface area contributed by atoms with E-state index in [4.69, 9.17) is 13.9 Å². The van der Waals surface area contributed by atoms with E-state index < -0.39 is 0 Å². The fourth-order valence-electron chi connectivity index (χ4n) is 1.82. The topological polar surface area (TPSA) is 43.6 Å². The first kappa shape index (κ1) is 16.9. The summed E-state index contributed by atoms with van der Waals surface area (Å²) < 4.78 is 16.7. The molecular weight excluding hydrogens is 346 g/mol. The molecule has 2 rings (SSSR count). The van der Waals surface area contributed by atoms with Crippen molar-refractivity contribution in [2.75, 3.05) is 14.2 Å². The van der Waals surface area contributed by atoms with Crippen LogP contribution in [0.5, 0.6) is 11.5 Å². The third-order valence-electron chi connectivity index (χ3n) is 2.70. The zero-order valence-corrected chi connectivity index (χ0v) is 13.6. The zero-order chi connectivity index (χ0) is 13.7. The minimum absolute atomic E-state index is 0. The number of rotatable bonds is 6. The Bertz CT molecular complexity index is 531. The van der Waals surface area contributed by atoms with Gasteiger partial charge in [-0.2, -0.15) is 0 Å². The Balaban J connectivity index is 0.00000200. The molecule has 110 valence electrons. The van der Waals surface area contributed by atoms with E-state index in [0.29, 0.717) is 18.0 Å². The van der Waals surface area contributed by atoms with Gasteiger partial charge in [-0.25, -0.2) is 0 Å². The quantitative estimate of drug-likeness (QED) is 0.806. The molecule has 0 radical (unpaired) electrons. The van der Waals surface area contributed by atoms with Gasteiger partial charge in [0.1, 0.15) is 5.76 Å². The summed E-state index contributed by atoms with van der Waals surface area (Å²) >= 11 is 3.48. The van der Waals surface area contributed by atoms with Gasteiger partial charge in [0.2, 0.25) is 0 Å². The van der Waals surface area contributed by atoms with E-state index in [-0.39, 0.29) is 12.4 Å². The third kappa shape index (κ3) is 4.16. The second-order valence-electron chi connectivity index (χ2n) is 4.00. The molecule has 1 aromatic heterocycles. The fourth-order valence-corrected chi connectivity index (χ4v) is 2.47. The highest BCUT2D eigenvalue weighted by Crippen LogP contribution is 2.36. The maximum Gasteiger partial charge on any atom is 0.174 e. The Labute approximate surface area is 133 Å². The van der Waals surface area contributed by atoms with Crippen molar-refractivity contribution in [2.24, 2.45) is 0 Å². The van der Waals surface area contributed by atoms with Crippen LogP contribution in [0.25, 0.3) is 0 Å². The summed E-state index contributed by atoms with van der Waals surface area (Å²) in [6, 6.07) is 7.79. The Hall–Kier alpha value is -1.17. The number of benzene rings is 1. The molecule has 0 amide bonds. The molecule has 4 nitrogen and oxygen atoms in total. The van der Waals surface area contributed by atoms with E-state index in [1.165, 1.54) is 0 Å². The largest absolute Gasteiger partial charge is 1.00 e. The Kier molecular flexibility index (Phi) is 6.91. The summed E-state index contributed by atoms with van der Waals surface area (Å²) in [6.45, 7) is 1.42. The lowest BCUT2D eigenvalue weighted by atomic mass is 10.2. The predicted molar refractivity (Wildman–Crippen MR) is 76.5 cm³/mol. The Morgan fingerprint density at radius 2 is 2.00 bits per heavy atom. The van der Waals surface area contributed by atoms with Crippen molar-refractivity contribution in [1.82, 2.24) is 5.32 Å². The molecule has 0 unspecified atom stereocenters. The molecule has 0 aliphatic carbocycles. The molecule has 1 heterocycles. The standard InChI is InChI=1S/C14H16BrNO3.ClH/c1-17-13-7-10(6-12(15)14(13)18-2)8-16-9-11-4-3-5-19-11;/h3-7,16H,8-9H2,1-2H3;1H/p-1. The van der Waals surface area contributed by atoms with Gasteiger partial charge in [-0.05, 0) is 45.8 Å². The van der Waals surface area contributed by atoms with Crippen LogP contribution in [0.3, 0.4) is 0 Å². The average molecular weight is 362 g/mol. The normalized spacial score (nSPS) is 9.95. The number of hydrogen-bond donors (Lipinski definition) is 1. The zero-order valence-electron chi connectivity index (χ0n) is 11.3. The smallest absolute Gasteiger partial charge is 0.174 e. The van der Waals surface area contributed by atoms with E-state index in [1.54, 1.807) is 20.5 Å². The fraction of sp³-hybridized carbons (Fsp3) is 0.286. The summed E-state index contributed by atoms with van der Waals surface area (Å²) in [7, 11) is 3.25. The van der Waals surface area contributed by atoms with Crippen molar-refractivity contribution in [2.45, 2.75) is 13.1 Å². The maximum absolute atomic E-state index is 5.31. The molecule has 0 aliphatic rings. The van der Waals surface area contributed by atoms with E-state index >= 15 is 0 Å². The van der Waals surface area contributed by atoms with E-state index in [0.717, 1.165) is 22.3 Å². The summed E-state index contributed by atoms with van der Waals surface area (Å²) in [4.78, 5) is 0. The van der Waals surface area contributed by atoms with Crippen molar-refractivity contribution in [3.05, 3.63) is 46.3 Å². The third-order valence-corrected chi connectivity index (χ3v) is 3.29. The molecule has 2 aromatic rings. The van der Waals surface area contributed by atoms with Crippen LogP contribution in [0, 0.1) is 0 Å². The van der Waals surface area contributed by atoms with Gasteiger partial charge in [-0.3, -0.25) is 0 Å². The molecule has 0 bridgehead atoms. The number of methoxy groups -OCH3 is 2. The number of ether oxygens (including phenoxy) is 2. The monoisotopic (exact) mass is 360 g/mol. The maximum atomic E-state index is 5.31. The highest BCUT2D eigenvalue weighted by atomic mass is 79.9. The molecule has 1 N–H and O–H groups in total. The van der Waals surface area contributed by atoms with Crippen molar-refractivity contribution in [3.63, 3.8) is 0 Å². The van der Waals surface area contributed by atoms with Crippen LogP contribution in [0.15, 0.2) is 39.4 Å². The Morgan fingerprint density at radius 3 is 2.60 bits per heavy atom. The second-order valence-corrected chi connectivity index (χ2v) is 4.85. The van der Waals surface area contributed by atoms with Gasteiger partial charge in [0, 0.05) is 6.54 Å². The van der Waals surface area contributed by atoms with Crippen molar-refractivity contribution in [3.8, 4) is 11.5 Å². The Morgan fingerprint density at radius 1 is 1.20 bits per heavy atom. The minimum atomic E-state index is 0. The van der Waals surface area contributed by atoms with Gasteiger partial charge in [-0.15, -0.1) is 0 Å². The van der Waals surface area contributed by atoms with Crippen LogP contribution < -0.4 is 27.2 Å². The van der Waals surface area contributed by atoms with Crippen LogP contribution in [-0.2, 0) is 13.1 Å². The second kappa shape index (κ2) is 8.19. The molecule has 1 aromatic carbocycles. The average Bonchev–Trinajstić information content (AvgIpc) is 2.91. The van der Waals surface area contributed by atoms with Gasteiger partial charge in [-0.1, -0.05) is 0 Å². The molecule has 0 aliphatic heterocycles. The number of halogens is 2. The number of hydrogen-bond acceptors (Lipinski definition) is 4. The van der Waals surface area contributed by atoms with Crippen LogP contribution in [0.2, 0.25) is 0 Å². The molecule has 0 saturated heterocycles. The molecule has 0 saturated carbocycles. The highest BCUT2D eigenvalue weighted by Gasteiger charge is 2.10. The van der Waals surface area contributed by atoms with Crippen LogP contribution in [0.4, 0.5) is 0 Å². The lowest BCUT2D eigenvalue weighted by Gasteiger charge is -2.12. The summed E-state index contributed by atoms with van der Waals surface area (Å²) in [6.07, 6.45) is 1.67. The van der Waals surface area contributed by atoms with E-state index in [9.17, 15) is 0 Å². The van der Waals surface area contributed by atoms with E-state index in [1.807, 2.05) is 24.3 Å². The molecule has 0 fully saturated rings. The molecule has 0 spiro atoms. The van der Waals surface area contributed by atoms with Crippen LogP contribution in [0.1, 0.15) is 11.3 Å². The van der Waals surface area contributed by atoms with Crippen molar-refractivity contribution in [1.29, 1.82) is 0 Å². The van der Waals surface area contributed by atoms with Gasteiger partial charge >= 0.3 is 0 Å². The molecule has 0 atom stereocenters. The highest BCUT2D eigenvalue weighted by molar-refractivity contribution is 9.10. The first-order valence-corrected chi connectivity index (χ1v) is 6.67. The van der Waals surface area contributed by atoms with Crippen molar-refractivity contribution >= 4 is 15.9 Å². The van der Waals surface area contributed by atoms with Gasteiger partial charge < -0.3 is 31.6 Å². The summed E-state index contributed by atoms with van der Waals surface area (Å²) in [5.41, 5.74) is 1.11.